The maximum absolute atomic E-state index is 11.3. The highest BCUT2D eigenvalue weighted by molar-refractivity contribution is 5.54. The Balaban J connectivity index is 0.729. The summed E-state index contributed by atoms with van der Waals surface area (Å²) in [4.78, 5) is 0. The predicted octanol–water partition coefficient (Wildman–Crippen LogP) is 4.66. The average molecular weight is 715 g/mol. The molecule has 4 unspecified atom stereocenters. The van der Waals surface area contributed by atoms with Gasteiger partial charge >= 0.3 is 0 Å². The third-order valence-electron chi connectivity index (χ3n) is 14.4. The van der Waals surface area contributed by atoms with Gasteiger partial charge in [-0.3, -0.25) is 0 Å². The van der Waals surface area contributed by atoms with Gasteiger partial charge in [0.05, 0.1) is 62.4 Å². The van der Waals surface area contributed by atoms with Crippen molar-refractivity contribution in [3.8, 4) is 23.0 Å². The number of benzene rings is 2. The van der Waals surface area contributed by atoms with E-state index in [0.717, 1.165) is 95.2 Å². The summed E-state index contributed by atoms with van der Waals surface area (Å²) in [6, 6.07) is 8.87. The number of nitrogens with zero attached hydrogens (tertiary/aromatic N) is 2. The molecule has 10 atom stereocenters. The third-order valence-corrected chi connectivity index (χ3v) is 14.4. The molecule has 2 fully saturated rings. The molecule has 52 heavy (non-hydrogen) atoms. The summed E-state index contributed by atoms with van der Waals surface area (Å²) >= 11 is 0. The fourth-order valence-corrected chi connectivity index (χ4v) is 12.1. The number of hydrogen-bond donors (Lipinski definition) is 4. The van der Waals surface area contributed by atoms with Crippen LogP contribution in [0.2, 0.25) is 0 Å². The number of fused-ring (bicyclic) bond motifs is 6. The van der Waals surface area contributed by atoms with Crippen molar-refractivity contribution in [3.05, 3.63) is 69.8 Å². The monoisotopic (exact) mass is 714 g/mol. The zero-order valence-electron chi connectivity index (χ0n) is 30.1. The lowest BCUT2D eigenvalue weighted by Crippen LogP contribution is -2.60. The first-order valence-corrected chi connectivity index (χ1v) is 20.0. The van der Waals surface area contributed by atoms with E-state index in [4.69, 9.17) is 18.9 Å². The van der Waals surface area contributed by atoms with Gasteiger partial charge in [-0.25, -0.2) is 0 Å². The van der Waals surface area contributed by atoms with E-state index in [2.05, 4.69) is 24.3 Å². The molecule has 8 aliphatic rings. The van der Waals surface area contributed by atoms with E-state index >= 15 is 0 Å². The van der Waals surface area contributed by atoms with Crippen molar-refractivity contribution in [3.63, 3.8) is 0 Å². The molecule has 0 bridgehead atoms. The van der Waals surface area contributed by atoms with Crippen molar-refractivity contribution >= 4 is 0 Å². The Morgan fingerprint density at radius 3 is 1.33 bits per heavy atom. The van der Waals surface area contributed by atoms with Gasteiger partial charge in [0.25, 0.3) is 0 Å². The average Bonchev–Trinajstić information content (AvgIpc) is 3.94. The van der Waals surface area contributed by atoms with Gasteiger partial charge in [-0.15, -0.1) is 0 Å². The first-order valence-electron chi connectivity index (χ1n) is 20.0. The highest BCUT2D eigenvalue weighted by atomic mass is 16.7. The van der Waals surface area contributed by atoms with Crippen molar-refractivity contribution in [2.75, 3.05) is 39.8 Å². The summed E-state index contributed by atoms with van der Waals surface area (Å²) in [6.07, 6.45) is 12.4. The molecule has 10 rings (SSSR count). The second-order valence-electron chi connectivity index (χ2n) is 17.2. The molecule has 2 aromatic carbocycles. The number of ether oxygens (including phenoxy) is 4. The summed E-state index contributed by atoms with van der Waals surface area (Å²) < 4.78 is 24.9. The van der Waals surface area contributed by atoms with Crippen LogP contribution in [0.15, 0.2) is 47.6 Å². The van der Waals surface area contributed by atoms with Gasteiger partial charge in [0.1, 0.15) is 25.2 Å². The Labute approximate surface area is 306 Å². The quantitative estimate of drug-likeness (QED) is 0.151. The Morgan fingerprint density at radius 1 is 0.519 bits per heavy atom. The standard InChI is InChI=1S/C42H54N2O8/c45-31-15-25-9-13-43(21-27-17-33-35(51-23-49-33)19-29(27)37(39(25)43)41(31)47)11-7-5-3-1-2-4-6-8-12-44-14-10-26-16-32(46)42(48)38(40(26)44)30-20-36-34(50-24-52-36)18-28(30)22-44/h15-20,31-32,37-42,45-48H,1-14,21-24H2/q+2/t31-,32-,37-,38-,39?,40?,41+,42+,43?,44?/m0/s1. The van der Waals surface area contributed by atoms with E-state index < -0.39 is 24.4 Å². The van der Waals surface area contributed by atoms with Crippen LogP contribution in [-0.2, 0) is 13.1 Å². The predicted molar refractivity (Wildman–Crippen MR) is 192 cm³/mol. The van der Waals surface area contributed by atoms with Crippen molar-refractivity contribution < 1.29 is 48.3 Å². The molecule has 278 valence electrons. The summed E-state index contributed by atoms with van der Waals surface area (Å²) in [5.74, 6) is 2.88. The van der Waals surface area contributed by atoms with Gasteiger partial charge < -0.3 is 48.3 Å². The van der Waals surface area contributed by atoms with E-state index in [0.29, 0.717) is 0 Å². The third kappa shape index (κ3) is 5.19. The molecular formula is C42H54N2O8+2. The smallest absolute Gasteiger partial charge is 0.231 e. The second-order valence-corrected chi connectivity index (χ2v) is 17.2. The molecule has 2 aliphatic carbocycles. The maximum atomic E-state index is 11.3. The molecule has 10 heteroatoms. The molecule has 0 spiro atoms. The molecule has 0 amide bonds. The molecule has 6 heterocycles. The van der Waals surface area contributed by atoms with Gasteiger partial charge in [0.15, 0.2) is 23.0 Å². The van der Waals surface area contributed by atoms with Crippen LogP contribution in [0.1, 0.15) is 98.3 Å². The highest BCUT2D eigenvalue weighted by Crippen LogP contribution is 2.55. The van der Waals surface area contributed by atoms with Crippen molar-refractivity contribution in [1.82, 2.24) is 0 Å². The molecule has 10 nitrogen and oxygen atoms in total. The van der Waals surface area contributed by atoms with E-state index in [1.165, 1.54) is 73.6 Å². The van der Waals surface area contributed by atoms with Crippen LogP contribution in [0.4, 0.5) is 0 Å². The van der Waals surface area contributed by atoms with Gasteiger partial charge in [0, 0.05) is 24.0 Å². The topological polar surface area (TPSA) is 118 Å². The Morgan fingerprint density at radius 2 is 0.904 bits per heavy atom. The Bertz CT molecular complexity index is 1680. The van der Waals surface area contributed by atoms with Crippen LogP contribution >= 0.6 is 0 Å². The van der Waals surface area contributed by atoms with Crippen molar-refractivity contribution in [1.29, 1.82) is 0 Å². The van der Waals surface area contributed by atoms with E-state index in [-0.39, 0.29) is 37.5 Å². The maximum Gasteiger partial charge on any atom is 0.231 e. The molecule has 2 aromatic rings. The molecule has 4 N–H and O–H groups in total. The summed E-state index contributed by atoms with van der Waals surface area (Å²) in [6.45, 7) is 6.70. The van der Waals surface area contributed by atoms with Crippen molar-refractivity contribution in [2.24, 2.45) is 0 Å². The normalized spacial score (nSPS) is 36.8. The lowest BCUT2D eigenvalue weighted by atomic mass is 9.72. The summed E-state index contributed by atoms with van der Waals surface area (Å²) in [5.41, 5.74) is 7.38. The van der Waals surface area contributed by atoms with Crippen LogP contribution in [0.5, 0.6) is 23.0 Å². The van der Waals surface area contributed by atoms with E-state index in [1.54, 1.807) is 0 Å². The minimum Gasteiger partial charge on any atom is -0.454 e. The van der Waals surface area contributed by atoms with Crippen LogP contribution in [0, 0.1) is 0 Å². The van der Waals surface area contributed by atoms with Gasteiger partial charge in [-0.2, -0.15) is 0 Å². The summed E-state index contributed by atoms with van der Waals surface area (Å²) in [7, 11) is 0. The van der Waals surface area contributed by atoms with Crippen LogP contribution in [0.25, 0.3) is 0 Å². The van der Waals surface area contributed by atoms with E-state index in [9.17, 15) is 20.4 Å². The van der Waals surface area contributed by atoms with Gasteiger partial charge in [-0.1, -0.05) is 25.7 Å². The Kier molecular flexibility index (Phi) is 8.20. The Hall–Kier alpha value is -3.12. The highest BCUT2D eigenvalue weighted by Gasteiger charge is 2.59. The molecule has 6 aliphatic heterocycles. The second kappa shape index (κ2) is 12.7. The number of hydrogen-bond acceptors (Lipinski definition) is 8. The van der Waals surface area contributed by atoms with Gasteiger partial charge in [0.2, 0.25) is 13.6 Å². The van der Waals surface area contributed by atoms with Crippen LogP contribution in [-0.4, -0.2) is 106 Å². The zero-order chi connectivity index (χ0) is 35.2. The molecular weight excluding hydrogens is 660 g/mol. The number of rotatable bonds is 11. The minimum absolute atomic E-state index is 0.117. The van der Waals surface area contributed by atoms with E-state index in [1.807, 2.05) is 12.2 Å². The minimum atomic E-state index is -0.824. The first kappa shape index (κ1) is 33.4. The molecule has 0 saturated carbocycles. The molecule has 0 radical (unpaired) electrons. The van der Waals surface area contributed by atoms with Crippen molar-refractivity contribution in [2.45, 2.75) is 126 Å². The lowest BCUT2D eigenvalue weighted by Gasteiger charge is -2.51. The van der Waals surface area contributed by atoms with Crippen LogP contribution in [0.3, 0.4) is 0 Å². The van der Waals surface area contributed by atoms with Gasteiger partial charge in [-0.05, 0) is 84.4 Å². The molecule has 2 saturated heterocycles. The number of quaternary nitrogens is 2. The lowest BCUT2D eigenvalue weighted by molar-refractivity contribution is -0.953. The van der Waals surface area contributed by atoms with Crippen LogP contribution < -0.4 is 18.9 Å². The zero-order valence-corrected chi connectivity index (χ0v) is 30.1. The largest absolute Gasteiger partial charge is 0.454 e. The SMILES string of the molecule is O[C@@H]1[C@@H](O)C=C2CC[N+]3(CCCCCCCCCC[N+]45CCC6=C[C@H](O)[C@@H](O)[C@@H](c7cc8c(cc7C4)OCO8)C65)Cc4cc5c(cc4[C@H]1C23)OCO5. The number of aliphatic hydroxyl groups is 4. The number of aliphatic hydroxyl groups excluding tert-OH is 4. The fourth-order valence-electron chi connectivity index (χ4n) is 12.1. The first-order chi connectivity index (χ1) is 25.3. The number of unbranched alkanes of at least 4 members (excludes halogenated alkanes) is 7. The molecule has 0 aromatic heterocycles. The fraction of sp³-hybridized carbons (Fsp3) is 0.619. The summed E-state index contributed by atoms with van der Waals surface area (Å²) in [5, 5.41) is 44.2.